The van der Waals surface area contributed by atoms with Crippen molar-refractivity contribution in [3.8, 4) is 5.75 Å². The minimum Gasteiger partial charge on any atom is -0.444 e. The number of nitrogens with one attached hydrogen (secondary N) is 1. The summed E-state index contributed by atoms with van der Waals surface area (Å²) in [5.74, 6) is -0.162. The Morgan fingerprint density at radius 2 is 1.22 bits per heavy atom. The van der Waals surface area contributed by atoms with Crippen LogP contribution in [-0.2, 0) is 19.5 Å². The number of likely N-dealkylation sites (tertiary alicyclic amines) is 2. The molecule has 0 saturated carbocycles. The highest BCUT2D eigenvalue weighted by molar-refractivity contribution is 7.92. The Kier molecular flexibility index (Phi) is 13.4. The van der Waals surface area contributed by atoms with Gasteiger partial charge in [-0.15, -0.1) is 13.2 Å². The third kappa shape index (κ3) is 13.3. The lowest BCUT2D eigenvalue weighted by Gasteiger charge is -2.34. The number of carbonyl (C=O) groups is 2. The maximum absolute atomic E-state index is 12.7. The van der Waals surface area contributed by atoms with Gasteiger partial charge in [-0.3, -0.25) is 4.72 Å². The molecule has 0 bridgehead atoms. The lowest BCUT2D eigenvalue weighted by molar-refractivity contribution is -0.274. The Bertz CT molecular complexity index is 1840. The summed E-state index contributed by atoms with van der Waals surface area (Å²) in [6.07, 6.45) is -1.76. The number of alkyl halides is 3. The van der Waals surface area contributed by atoms with Gasteiger partial charge in [0.15, 0.2) is 0 Å². The number of nitrogens with two attached hydrogens (primary N) is 1. The van der Waals surface area contributed by atoms with Crippen molar-refractivity contribution < 1.29 is 45.4 Å². The number of halogens is 3. The van der Waals surface area contributed by atoms with E-state index in [1.165, 1.54) is 5.56 Å². The molecule has 3 aromatic carbocycles. The zero-order valence-corrected chi connectivity index (χ0v) is 32.4. The van der Waals surface area contributed by atoms with E-state index in [-0.39, 0.29) is 23.0 Å². The average molecular weight is 777 g/mol. The van der Waals surface area contributed by atoms with Gasteiger partial charge in [-0.25, -0.2) is 18.0 Å². The van der Waals surface area contributed by atoms with Crippen LogP contribution < -0.4 is 15.2 Å². The van der Waals surface area contributed by atoms with Gasteiger partial charge in [0.05, 0.1) is 4.90 Å². The van der Waals surface area contributed by atoms with Gasteiger partial charge in [0.25, 0.3) is 10.0 Å². The second kappa shape index (κ2) is 17.2. The van der Waals surface area contributed by atoms with Crippen molar-refractivity contribution in [2.24, 2.45) is 0 Å². The summed E-state index contributed by atoms with van der Waals surface area (Å²) in [6.45, 7) is 13.6. The molecule has 2 heterocycles. The molecule has 2 fully saturated rings. The van der Waals surface area contributed by atoms with Gasteiger partial charge < -0.3 is 29.7 Å². The number of rotatable bonds is 6. The first-order valence-corrected chi connectivity index (χ1v) is 19.3. The van der Waals surface area contributed by atoms with E-state index in [1.54, 1.807) is 43.9 Å². The number of piperidine rings is 2. The van der Waals surface area contributed by atoms with Crippen molar-refractivity contribution in [2.45, 2.75) is 102 Å². The van der Waals surface area contributed by atoms with Gasteiger partial charge in [0, 0.05) is 49.4 Å². The Balaban J connectivity index is 0.000000276. The topological polar surface area (TPSA) is 140 Å². The van der Waals surface area contributed by atoms with Gasteiger partial charge in [0.2, 0.25) is 0 Å². The molecular formula is C39H51F3N4O7S. The largest absolute Gasteiger partial charge is 0.573 e. The van der Waals surface area contributed by atoms with E-state index in [1.807, 2.05) is 49.9 Å². The summed E-state index contributed by atoms with van der Waals surface area (Å²) < 4.78 is 79.5. The lowest BCUT2D eigenvalue weighted by Crippen LogP contribution is -2.42. The number of nitrogen functional groups attached to an aromatic ring is 1. The molecule has 2 aliphatic rings. The van der Waals surface area contributed by atoms with Crippen molar-refractivity contribution in [1.82, 2.24) is 9.80 Å². The molecule has 296 valence electrons. The van der Waals surface area contributed by atoms with E-state index in [0.29, 0.717) is 31.2 Å². The Hall–Kier alpha value is -4.66. The van der Waals surface area contributed by atoms with Gasteiger partial charge in [0.1, 0.15) is 17.0 Å². The van der Waals surface area contributed by atoms with Crippen LogP contribution in [0.4, 0.5) is 34.1 Å². The molecule has 5 rings (SSSR count). The number of carbonyl (C=O) groups excluding carboxylic acids is 2. The third-order valence-corrected chi connectivity index (χ3v) is 9.90. The first-order chi connectivity index (χ1) is 25.1. The van der Waals surface area contributed by atoms with Crippen molar-refractivity contribution in [1.29, 1.82) is 0 Å². The Morgan fingerprint density at radius 3 is 1.69 bits per heavy atom. The highest BCUT2D eigenvalue weighted by Gasteiger charge is 2.32. The number of ether oxygens (including phenoxy) is 3. The van der Waals surface area contributed by atoms with Gasteiger partial charge in [-0.1, -0.05) is 24.3 Å². The summed E-state index contributed by atoms with van der Waals surface area (Å²) in [7, 11) is -4.04. The smallest absolute Gasteiger partial charge is 0.444 e. The van der Waals surface area contributed by atoms with Crippen LogP contribution in [-0.4, -0.2) is 74.1 Å². The first kappa shape index (κ1) is 42.1. The SMILES string of the molecule is CC(C)(C)OC(=O)N1CCCC(c2cccc(N)c2)C1.CC(C)(C)OC(=O)N1CCCC(c2cccc(NS(=O)(=O)c3ccc(OC(F)(F)F)cc3)c2)C1. The molecule has 2 aliphatic heterocycles. The summed E-state index contributed by atoms with van der Waals surface area (Å²) in [6, 6.07) is 18.7. The fourth-order valence-corrected chi connectivity index (χ4v) is 7.24. The molecule has 0 spiro atoms. The van der Waals surface area contributed by atoms with E-state index in [0.717, 1.165) is 67.7 Å². The van der Waals surface area contributed by atoms with Crippen molar-refractivity contribution in [2.75, 3.05) is 36.6 Å². The zero-order valence-electron chi connectivity index (χ0n) is 31.6. The molecule has 3 aromatic rings. The molecule has 15 heteroatoms. The molecule has 0 radical (unpaired) electrons. The predicted octanol–water partition coefficient (Wildman–Crippen LogP) is 8.88. The molecule has 0 aromatic heterocycles. The maximum atomic E-state index is 12.7. The highest BCUT2D eigenvalue weighted by atomic mass is 32.2. The molecular weight excluding hydrogens is 726 g/mol. The van der Waals surface area contributed by atoms with Crippen LogP contribution in [0, 0.1) is 0 Å². The van der Waals surface area contributed by atoms with E-state index >= 15 is 0 Å². The minimum atomic E-state index is -4.86. The quantitative estimate of drug-likeness (QED) is 0.237. The van der Waals surface area contributed by atoms with Gasteiger partial charge in [-0.2, -0.15) is 0 Å². The number of amides is 2. The summed E-state index contributed by atoms with van der Waals surface area (Å²) in [4.78, 5) is 27.8. The third-order valence-electron chi connectivity index (χ3n) is 8.51. The molecule has 2 saturated heterocycles. The standard InChI is InChI=1S/C23H27F3N2O5S.C16H24N2O2/c1-22(2,3)33-21(29)28-13-5-7-17(15-28)16-6-4-8-18(14-16)27-34(30,31)20-11-9-19(10-12-20)32-23(24,25)26;1-16(2,3)20-15(19)18-9-5-7-13(11-18)12-6-4-8-14(17)10-12/h4,6,8-12,14,17,27H,5,7,13,15H2,1-3H3;4,6,8,10,13H,5,7,9,11,17H2,1-3H3. The normalized spacial score (nSPS) is 18.2. The summed E-state index contributed by atoms with van der Waals surface area (Å²) in [5, 5.41) is 0. The Morgan fingerprint density at radius 1 is 0.741 bits per heavy atom. The molecule has 11 nitrogen and oxygen atoms in total. The van der Waals surface area contributed by atoms with E-state index in [9.17, 15) is 31.2 Å². The summed E-state index contributed by atoms with van der Waals surface area (Å²) >= 11 is 0. The lowest BCUT2D eigenvalue weighted by atomic mass is 9.90. The zero-order chi connectivity index (χ0) is 39.9. The second-order valence-corrected chi connectivity index (χ2v) is 17.1. The number of hydrogen-bond donors (Lipinski definition) is 2. The monoisotopic (exact) mass is 776 g/mol. The fourth-order valence-electron chi connectivity index (χ4n) is 6.19. The fraction of sp³-hybridized carbons (Fsp3) is 0.487. The Labute approximate surface area is 316 Å². The molecule has 2 atom stereocenters. The number of sulfonamides is 1. The number of hydrogen-bond acceptors (Lipinski definition) is 8. The van der Waals surface area contributed by atoms with Crippen molar-refractivity contribution in [3.05, 3.63) is 83.9 Å². The molecule has 3 N–H and O–H groups in total. The second-order valence-electron chi connectivity index (χ2n) is 15.5. The molecule has 2 amide bonds. The number of nitrogens with zero attached hydrogens (tertiary/aromatic N) is 2. The van der Waals surface area contributed by atoms with Crippen LogP contribution in [0.1, 0.15) is 90.2 Å². The molecule has 2 unspecified atom stereocenters. The van der Waals surface area contributed by atoms with Crippen LogP contribution in [0.25, 0.3) is 0 Å². The molecule has 0 aliphatic carbocycles. The predicted molar refractivity (Wildman–Crippen MR) is 201 cm³/mol. The van der Waals surface area contributed by atoms with Crippen LogP contribution in [0.3, 0.4) is 0 Å². The van der Waals surface area contributed by atoms with Crippen LogP contribution in [0.5, 0.6) is 5.75 Å². The van der Waals surface area contributed by atoms with Gasteiger partial charge >= 0.3 is 18.5 Å². The van der Waals surface area contributed by atoms with E-state index in [2.05, 4.69) is 15.5 Å². The van der Waals surface area contributed by atoms with Crippen molar-refractivity contribution >= 4 is 33.6 Å². The van der Waals surface area contributed by atoms with Crippen molar-refractivity contribution in [3.63, 3.8) is 0 Å². The molecule has 54 heavy (non-hydrogen) atoms. The average Bonchev–Trinajstić information content (AvgIpc) is 3.07. The number of benzene rings is 3. The highest BCUT2D eigenvalue weighted by Crippen LogP contribution is 2.31. The summed E-state index contributed by atoms with van der Waals surface area (Å²) in [5.41, 5.74) is 7.95. The number of anilines is 2. The first-order valence-electron chi connectivity index (χ1n) is 17.9. The van der Waals surface area contributed by atoms with Crippen LogP contribution in [0.2, 0.25) is 0 Å². The minimum absolute atomic E-state index is 0.00419. The maximum Gasteiger partial charge on any atom is 0.573 e. The van der Waals surface area contributed by atoms with Gasteiger partial charge in [-0.05, 0) is 127 Å². The van der Waals surface area contributed by atoms with Crippen LogP contribution in [0.15, 0.2) is 77.7 Å². The van der Waals surface area contributed by atoms with E-state index in [4.69, 9.17) is 15.2 Å². The van der Waals surface area contributed by atoms with Crippen LogP contribution >= 0.6 is 0 Å². The van der Waals surface area contributed by atoms with E-state index < -0.39 is 33.3 Å².